The van der Waals surface area contributed by atoms with Crippen molar-refractivity contribution in [2.75, 3.05) is 0 Å². The highest BCUT2D eigenvalue weighted by Gasteiger charge is 2.17. The molecule has 1 aromatic carbocycles. The van der Waals surface area contributed by atoms with Crippen molar-refractivity contribution in [2.24, 2.45) is 0 Å². The Hall–Kier alpha value is -1.90. The molecule has 1 N–H and O–H groups in total. The molecule has 17 heavy (non-hydrogen) atoms. The second kappa shape index (κ2) is 3.84. The average molecular weight is 229 g/mol. The van der Waals surface area contributed by atoms with Gasteiger partial charge >= 0.3 is 5.97 Å². The highest BCUT2D eigenvalue weighted by Crippen LogP contribution is 2.27. The van der Waals surface area contributed by atoms with Gasteiger partial charge in [-0.2, -0.15) is 0 Å². The Morgan fingerprint density at radius 1 is 1.12 bits per heavy atom. The minimum Gasteiger partial charge on any atom is -0.478 e. The first-order valence-electron chi connectivity index (χ1n) is 5.54. The van der Waals surface area contributed by atoms with Crippen molar-refractivity contribution >= 4 is 16.9 Å². The lowest BCUT2D eigenvalue weighted by atomic mass is 9.96. The molecule has 0 fully saturated rings. The largest absolute Gasteiger partial charge is 0.478 e. The second-order valence-corrected chi connectivity index (χ2v) is 4.43. The van der Waals surface area contributed by atoms with Gasteiger partial charge < -0.3 is 5.11 Å². The fourth-order valence-corrected chi connectivity index (χ4v) is 2.14. The van der Waals surface area contributed by atoms with E-state index in [9.17, 15) is 9.90 Å². The molecule has 0 saturated heterocycles. The molecule has 0 spiro atoms. The fourth-order valence-electron chi connectivity index (χ4n) is 2.14. The molecule has 1 aromatic heterocycles. The molecule has 0 bridgehead atoms. The molecule has 0 aliphatic carbocycles. The van der Waals surface area contributed by atoms with Gasteiger partial charge in [-0.1, -0.05) is 12.1 Å². The summed E-state index contributed by atoms with van der Waals surface area (Å²) in [6.07, 6.45) is 0. The summed E-state index contributed by atoms with van der Waals surface area (Å²) < 4.78 is 0. The molecule has 0 aliphatic rings. The maximum Gasteiger partial charge on any atom is 0.336 e. The lowest BCUT2D eigenvalue weighted by Crippen LogP contribution is -2.06. The summed E-state index contributed by atoms with van der Waals surface area (Å²) in [5, 5.41) is 10.1. The number of carboxylic acids is 1. The van der Waals surface area contributed by atoms with Crippen molar-refractivity contribution in [3.63, 3.8) is 0 Å². The number of benzene rings is 1. The van der Waals surface area contributed by atoms with Crippen LogP contribution in [0.15, 0.2) is 12.1 Å². The molecular weight excluding hydrogens is 214 g/mol. The number of hydrogen-bond acceptors (Lipinski definition) is 2. The van der Waals surface area contributed by atoms with Gasteiger partial charge in [-0.25, -0.2) is 4.79 Å². The highest BCUT2D eigenvalue weighted by molar-refractivity contribution is 6.06. The van der Waals surface area contributed by atoms with Crippen LogP contribution in [0.1, 0.15) is 32.7 Å². The maximum absolute atomic E-state index is 11.4. The van der Waals surface area contributed by atoms with Gasteiger partial charge in [0, 0.05) is 11.1 Å². The van der Waals surface area contributed by atoms with Gasteiger partial charge in [-0.05, 0) is 44.4 Å². The molecule has 0 radical (unpaired) electrons. The number of fused-ring (bicyclic) bond motifs is 1. The first-order valence-corrected chi connectivity index (χ1v) is 5.54. The van der Waals surface area contributed by atoms with E-state index in [1.165, 1.54) is 0 Å². The van der Waals surface area contributed by atoms with Crippen LogP contribution in [0.25, 0.3) is 10.9 Å². The second-order valence-electron chi connectivity index (χ2n) is 4.43. The van der Waals surface area contributed by atoms with E-state index in [-0.39, 0.29) is 0 Å². The number of aryl methyl sites for hydroxylation is 3. The van der Waals surface area contributed by atoms with Gasteiger partial charge in [-0.15, -0.1) is 0 Å². The van der Waals surface area contributed by atoms with E-state index < -0.39 is 5.97 Å². The minimum atomic E-state index is -0.883. The van der Waals surface area contributed by atoms with Crippen LogP contribution in [0.3, 0.4) is 0 Å². The number of nitrogens with zero attached hydrogens (tertiary/aromatic N) is 1. The smallest absolute Gasteiger partial charge is 0.336 e. The molecule has 0 unspecified atom stereocenters. The van der Waals surface area contributed by atoms with Gasteiger partial charge in [-0.3, -0.25) is 4.98 Å². The van der Waals surface area contributed by atoms with Crippen LogP contribution >= 0.6 is 0 Å². The average Bonchev–Trinajstić information content (AvgIpc) is 2.26. The summed E-state index contributed by atoms with van der Waals surface area (Å²) >= 11 is 0. The number of carbonyl (C=O) groups is 1. The van der Waals surface area contributed by atoms with E-state index in [0.29, 0.717) is 5.56 Å². The van der Waals surface area contributed by atoms with Crippen LogP contribution in [-0.2, 0) is 0 Å². The summed E-state index contributed by atoms with van der Waals surface area (Å²) in [5.41, 5.74) is 4.68. The van der Waals surface area contributed by atoms with Gasteiger partial charge in [0.2, 0.25) is 0 Å². The molecule has 3 heteroatoms. The molecule has 0 aliphatic heterocycles. The Morgan fingerprint density at radius 2 is 1.71 bits per heavy atom. The van der Waals surface area contributed by atoms with Crippen LogP contribution in [-0.4, -0.2) is 16.1 Å². The van der Waals surface area contributed by atoms with Crippen molar-refractivity contribution in [1.82, 2.24) is 4.98 Å². The normalized spacial score (nSPS) is 10.8. The summed E-state index contributed by atoms with van der Waals surface area (Å²) in [6, 6.07) is 3.92. The third-order valence-corrected chi connectivity index (χ3v) is 3.25. The van der Waals surface area contributed by atoms with Crippen LogP contribution in [0.2, 0.25) is 0 Å². The SMILES string of the molecule is Cc1nc2c(C)ccc(C)c2c(C(=O)O)c1C. The number of carboxylic acid groups (broad SMARTS) is 1. The summed E-state index contributed by atoms with van der Waals surface area (Å²) in [4.78, 5) is 15.9. The molecule has 0 atom stereocenters. The van der Waals surface area contributed by atoms with E-state index in [1.54, 1.807) is 0 Å². The van der Waals surface area contributed by atoms with Crippen molar-refractivity contribution in [2.45, 2.75) is 27.7 Å². The third-order valence-electron chi connectivity index (χ3n) is 3.25. The number of aromatic nitrogens is 1. The Bertz CT molecular complexity index is 630. The molecule has 1 heterocycles. The van der Waals surface area contributed by atoms with Crippen molar-refractivity contribution < 1.29 is 9.90 Å². The zero-order valence-corrected chi connectivity index (χ0v) is 10.5. The maximum atomic E-state index is 11.4. The monoisotopic (exact) mass is 229 g/mol. The molecule has 2 rings (SSSR count). The van der Waals surface area contributed by atoms with Crippen LogP contribution in [0, 0.1) is 27.7 Å². The number of hydrogen-bond donors (Lipinski definition) is 1. The Kier molecular flexibility index (Phi) is 2.62. The summed E-state index contributed by atoms with van der Waals surface area (Å²) in [7, 11) is 0. The fraction of sp³-hybridized carbons (Fsp3) is 0.286. The standard InChI is InChI=1S/C14H15NO2/c1-7-5-6-8(2)13-11(7)12(14(16)17)9(3)10(4)15-13/h5-6H,1-4H3,(H,16,17). The predicted octanol–water partition coefficient (Wildman–Crippen LogP) is 3.17. The van der Waals surface area contributed by atoms with Crippen molar-refractivity contribution in [3.05, 3.63) is 40.1 Å². The zero-order chi connectivity index (χ0) is 12.7. The van der Waals surface area contributed by atoms with Crippen LogP contribution in [0.4, 0.5) is 0 Å². The highest BCUT2D eigenvalue weighted by atomic mass is 16.4. The predicted molar refractivity (Wildman–Crippen MR) is 67.7 cm³/mol. The molecular formula is C14H15NO2. The van der Waals surface area contributed by atoms with Gasteiger partial charge in [0.25, 0.3) is 0 Å². The molecule has 0 saturated carbocycles. The first-order chi connectivity index (χ1) is 7.93. The summed E-state index contributed by atoms with van der Waals surface area (Å²) in [5.74, 6) is -0.883. The Labute approximate surface area is 100 Å². The number of aromatic carboxylic acids is 1. The Balaban J connectivity index is 3.08. The van der Waals surface area contributed by atoms with Gasteiger partial charge in [0.05, 0.1) is 11.1 Å². The molecule has 0 amide bonds. The van der Waals surface area contributed by atoms with Gasteiger partial charge in [0.15, 0.2) is 0 Å². The molecule has 3 nitrogen and oxygen atoms in total. The van der Waals surface area contributed by atoms with E-state index in [0.717, 1.165) is 33.3 Å². The number of rotatable bonds is 1. The first kappa shape index (κ1) is 11.6. The summed E-state index contributed by atoms with van der Waals surface area (Å²) in [6.45, 7) is 7.54. The van der Waals surface area contributed by atoms with Crippen molar-refractivity contribution in [3.8, 4) is 0 Å². The van der Waals surface area contributed by atoms with Gasteiger partial charge in [0.1, 0.15) is 0 Å². The van der Waals surface area contributed by atoms with Crippen LogP contribution in [0.5, 0.6) is 0 Å². The third kappa shape index (κ3) is 1.68. The van der Waals surface area contributed by atoms with Crippen LogP contribution < -0.4 is 0 Å². The van der Waals surface area contributed by atoms with E-state index in [2.05, 4.69) is 4.98 Å². The van der Waals surface area contributed by atoms with E-state index in [1.807, 2.05) is 39.8 Å². The van der Waals surface area contributed by atoms with E-state index in [4.69, 9.17) is 0 Å². The van der Waals surface area contributed by atoms with E-state index >= 15 is 0 Å². The zero-order valence-electron chi connectivity index (χ0n) is 10.5. The lowest BCUT2D eigenvalue weighted by Gasteiger charge is -2.12. The number of pyridine rings is 1. The minimum absolute atomic E-state index is 0.383. The quantitative estimate of drug-likeness (QED) is 0.817. The topological polar surface area (TPSA) is 50.2 Å². The Morgan fingerprint density at radius 3 is 2.29 bits per heavy atom. The van der Waals surface area contributed by atoms with Crippen molar-refractivity contribution in [1.29, 1.82) is 0 Å². The molecule has 2 aromatic rings. The lowest BCUT2D eigenvalue weighted by molar-refractivity contribution is 0.0698. The molecule has 88 valence electrons.